The van der Waals surface area contributed by atoms with Crippen molar-refractivity contribution in [2.45, 2.75) is 19.1 Å². The summed E-state index contributed by atoms with van der Waals surface area (Å²) in [5, 5.41) is 0. The average Bonchev–Trinajstić information content (AvgIpc) is 2.31. The van der Waals surface area contributed by atoms with Crippen LogP contribution in [-0.4, -0.2) is 37.0 Å². The number of hydrogen-bond acceptors (Lipinski definition) is 3. The molecule has 1 aliphatic rings. The quantitative estimate of drug-likeness (QED) is 0.724. The molecule has 0 N–H and O–H groups in total. The van der Waals surface area contributed by atoms with Crippen LogP contribution in [0, 0.1) is 0 Å². The van der Waals surface area contributed by atoms with E-state index in [2.05, 4.69) is 24.0 Å². The van der Waals surface area contributed by atoms with Gasteiger partial charge in [0.25, 0.3) is 0 Å². The number of nitrogens with zero attached hydrogens (tertiary/aromatic N) is 1. The number of ether oxygens (including phenoxy) is 1. The topological polar surface area (TPSA) is 29.5 Å². The van der Waals surface area contributed by atoms with E-state index >= 15 is 0 Å². The van der Waals surface area contributed by atoms with Crippen LogP contribution < -0.4 is 0 Å². The van der Waals surface area contributed by atoms with Crippen LogP contribution in [0.1, 0.15) is 18.5 Å². The van der Waals surface area contributed by atoms with Crippen molar-refractivity contribution < 1.29 is 9.53 Å². The van der Waals surface area contributed by atoms with Crippen molar-refractivity contribution in [3.05, 3.63) is 35.9 Å². The van der Waals surface area contributed by atoms with E-state index in [1.165, 1.54) is 5.56 Å². The molecule has 2 atom stereocenters. The van der Waals surface area contributed by atoms with Crippen molar-refractivity contribution in [2.24, 2.45) is 0 Å². The maximum atomic E-state index is 10.7. The molecule has 1 aliphatic heterocycles. The summed E-state index contributed by atoms with van der Waals surface area (Å²) in [4.78, 5) is 12.9. The Labute approximate surface area is 96.0 Å². The Morgan fingerprint density at radius 1 is 1.44 bits per heavy atom. The largest absolute Gasteiger partial charge is 0.375 e. The summed E-state index contributed by atoms with van der Waals surface area (Å²) in [5.41, 5.74) is 1.22. The lowest BCUT2D eigenvalue weighted by Crippen LogP contribution is -2.44. The SMILES string of the molecule is CC1OCCN(CC=O)C1c1ccccc1. The lowest BCUT2D eigenvalue weighted by molar-refractivity contribution is -0.113. The number of carbonyl (C=O) groups excluding carboxylic acids is 1. The van der Waals surface area contributed by atoms with Crippen LogP contribution in [0.2, 0.25) is 0 Å². The van der Waals surface area contributed by atoms with Crippen LogP contribution in [0.3, 0.4) is 0 Å². The van der Waals surface area contributed by atoms with E-state index in [9.17, 15) is 4.79 Å². The molecule has 0 amide bonds. The number of hydrogen-bond donors (Lipinski definition) is 0. The number of aldehydes is 1. The molecule has 1 aromatic carbocycles. The van der Waals surface area contributed by atoms with E-state index in [1.54, 1.807) is 0 Å². The van der Waals surface area contributed by atoms with Crippen molar-refractivity contribution in [3.8, 4) is 0 Å². The standard InChI is InChI=1S/C13H17NO2/c1-11-13(12-5-3-2-4-6-12)14(7-9-15)8-10-16-11/h2-6,9,11,13H,7-8,10H2,1H3. The van der Waals surface area contributed by atoms with Crippen LogP contribution in [-0.2, 0) is 9.53 Å². The number of rotatable bonds is 3. The van der Waals surface area contributed by atoms with E-state index in [-0.39, 0.29) is 12.1 Å². The number of benzene rings is 1. The summed E-state index contributed by atoms with van der Waals surface area (Å²) in [7, 11) is 0. The lowest BCUT2D eigenvalue weighted by Gasteiger charge is -2.39. The molecule has 3 nitrogen and oxygen atoms in total. The zero-order valence-electron chi connectivity index (χ0n) is 9.50. The highest BCUT2D eigenvalue weighted by atomic mass is 16.5. The fraction of sp³-hybridized carbons (Fsp3) is 0.462. The molecule has 1 heterocycles. The summed E-state index contributed by atoms with van der Waals surface area (Å²) >= 11 is 0. The normalized spacial score (nSPS) is 26.6. The first-order valence-corrected chi connectivity index (χ1v) is 5.67. The molecule has 3 heteroatoms. The Morgan fingerprint density at radius 3 is 2.88 bits per heavy atom. The van der Waals surface area contributed by atoms with Gasteiger partial charge in [0.2, 0.25) is 0 Å². The zero-order valence-corrected chi connectivity index (χ0v) is 9.50. The third kappa shape index (κ3) is 2.31. The second kappa shape index (κ2) is 5.23. The van der Waals surface area contributed by atoms with Gasteiger partial charge in [0.05, 0.1) is 25.3 Å². The van der Waals surface area contributed by atoms with Gasteiger partial charge in [0.15, 0.2) is 0 Å². The molecule has 0 aliphatic carbocycles. The molecule has 1 fully saturated rings. The van der Waals surface area contributed by atoms with E-state index in [0.717, 1.165) is 12.8 Å². The molecule has 16 heavy (non-hydrogen) atoms. The first kappa shape index (κ1) is 11.3. The van der Waals surface area contributed by atoms with E-state index in [4.69, 9.17) is 4.74 Å². The van der Waals surface area contributed by atoms with E-state index in [1.807, 2.05) is 18.2 Å². The minimum Gasteiger partial charge on any atom is -0.375 e. The Bertz CT molecular complexity index is 339. The maximum Gasteiger partial charge on any atom is 0.134 e. The van der Waals surface area contributed by atoms with Gasteiger partial charge < -0.3 is 9.53 Å². The summed E-state index contributed by atoms with van der Waals surface area (Å²) in [5.74, 6) is 0. The Hall–Kier alpha value is -1.19. The second-order valence-corrected chi connectivity index (χ2v) is 4.09. The highest BCUT2D eigenvalue weighted by Crippen LogP contribution is 2.28. The second-order valence-electron chi connectivity index (χ2n) is 4.09. The summed E-state index contributed by atoms with van der Waals surface area (Å²) in [6, 6.07) is 10.4. The van der Waals surface area contributed by atoms with Crippen LogP contribution in [0.25, 0.3) is 0 Å². The molecule has 2 unspecified atom stereocenters. The fourth-order valence-electron chi connectivity index (χ4n) is 2.32. The molecule has 1 aromatic rings. The number of carbonyl (C=O) groups is 1. The van der Waals surface area contributed by atoms with Gasteiger partial charge in [-0.15, -0.1) is 0 Å². The van der Waals surface area contributed by atoms with Crippen molar-refractivity contribution in [1.82, 2.24) is 4.90 Å². The summed E-state index contributed by atoms with van der Waals surface area (Å²) < 4.78 is 5.66. The van der Waals surface area contributed by atoms with Gasteiger partial charge in [0.1, 0.15) is 6.29 Å². The average molecular weight is 219 g/mol. The van der Waals surface area contributed by atoms with Gasteiger partial charge in [-0.2, -0.15) is 0 Å². The van der Waals surface area contributed by atoms with Gasteiger partial charge in [0, 0.05) is 6.54 Å². The minimum absolute atomic E-state index is 0.135. The molecule has 0 radical (unpaired) electrons. The van der Waals surface area contributed by atoms with Crippen LogP contribution >= 0.6 is 0 Å². The predicted molar refractivity (Wildman–Crippen MR) is 62.2 cm³/mol. The van der Waals surface area contributed by atoms with Crippen molar-refractivity contribution in [3.63, 3.8) is 0 Å². The third-order valence-corrected chi connectivity index (χ3v) is 3.05. The maximum absolute atomic E-state index is 10.7. The van der Waals surface area contributed by atoms with Gasteiger partial charge in [-0.25, -0.2) is 0 Å². The first-order valence-electron chi connectivity index (χ1n) is 5.67. The molecule has 0 bridgehead atoms. The monoisotopic (exact) mass is 219 g/mol. The molecule has 0 aromatic heterocycles. The van der Waals surface area contributed by atoms with Gasteiger partial charge >= 0.3 is 0 Å². The molecular weight excluding hydrogens is 202 g/mol. The van der Waals surface area contributed by atoms with E-state index < -0.39 is 0 Å². The molecule has 0 spiro atoms. The van der Waals surface area contributed by atoms with Crippen LogP contribution in [0.5, 0.6) is 0 Å². The minimum atomic E-state index is 0.135. The summed E-state index contributed by atoms with van der Waals surface area (Å²) in [6.45, 7) is 4.07. The lowest BCUT2D eigenvalue weighted by atomic mass is 9.99. The Morgan fingerprint density at radius 2 is 2.19 bits per heavy atom. The highest BCUT2D eigenvalue weighted by Gasteiger charge is 2.29. The predicted octanol–water partition coefficient (Wildman–Crippen LogP) is 1.65. The van der Waals surface area contributed by atoms with Crippen molar-refractivity contribution in [2.75, 3.05) is 19.7 Å². The zero-order chi connectivity index (χ0) is 11.4. The van der Waals surface area contributed by atoms with Gasteiger partial charge in [-0.05, 0) is 12.5 Å². The smallest absolute Gasteiger partial charge is 0.134 e. The summed E-state index contributed by atoms with van der Waals surface area (Å²) in [6.07, 6.45) is 1.10. The molecule has 86 valence electrons. The van der Waals surface area contributed by atoms with Gasteiger partial charge in [-0.3, -0.25) is 4.90 Å². The van der Waals surface area contributed by atoms with Crippen molar-refractivity contribution in [1.29, 1.82) is 0 Å². The number of morpholine rings is 1. The Balaban J connectivity index is 2.22. The highest BCUT2D eigenvalue weighted by molar-refractivity contribution is 5.52. The molecule has 2 rings (SSSR count). The van der Waals surface area contributed by atoms with Gasteiger partial charge in [-0.1, -0.05) is 30.3 Å². The fourth-order valence-corrected chi connectivity index (χ4v) is 2.32. The molecular formula is C13H17NO2. The first-order chi connectivity index (χ1) is 7.83. The van der Waals surface area contributed by atoms with Crippen LogP contribution in [0.4, 0.5) is 0 Å². The third-order valence-electron chi connectivity index (χ3n) is 3.05. The molecule has 1 saturated heterocycles. The van der Waals surface area contributed by atoms with E-state index in [0.29, 0.717) is 13.2 Å². The van der Waals surface area contributed by atoms with Crippen LogP contribution in [0.15, 0.2) is 30.3 Å². The Kier molecular flexibility index (Phi) is 3.70. The molecule has 0 saturated carbocycles. The van der Waals surface area contributed by atoms with Crippen molar-refractivity contribution >= 4 is 6.29 Å².